The van der Waals surface area contributed by atoms with E-state index in [1.165, 1.54) is 12.1 Å². The molecule has 0 spiro atoms. The Morgan fingerprint density at radius 2 is 2.07 bits per heavy atom. The lowest BCUT2D eigenvalue weighted by atomic mass is 9.99. The monoisotopic (exact) mass is 404 g/mol. The summed E-state index contributed by atoms with van der Waals surface area (Å²) in [7, 11) is 0. The summed E-state index contributed by atoms with van der Waals surface area (Å²) in [6.45, 7) is 5.14. The maximum Gasteiger partial charge on any atom is 0.166 e. The fourth-order valence-corrected chi connectivity index (χ4v) is 4.00. The number of halogens is 1. The van der Waals surface area contributed by atoms with Gasteiger partial charge in [-0.25, -0.2) is 9.37 Å². The molecule has 0 fully saturated rings. The highest BCUT2D eigenvalue weighted by molar-refractivity contribution is 5.69. The third-order valence-electron chi connectivity index (χ3n) is 5.44. The molecule has 5 rings (SSSR count). The van der Waals surface area contributed by atoms with E-state index in [1.807, 2.05) is 41.5 Å². The Kier molecular flexibility index (Phi) is 4.27. The lowest BCUT2D eigenvalue weighted by Gasteiger charge is -2.21. The number of hydrogen-bond acceptors (Lipinski definition) is 5. The molecule has 7 nitrogen and oxygen atoms in total. The molecule has 2 bridgehead atoms. The summed E-state index contributed by atoms with van der Waals surface area (Å²) in [6.07, 6.45) is 4.87. The van der Waals surface area contributed by atoms with Crippen LogP contribution in [0.15, 0.2) is 48.9 Å². The molecule has 0 saturated heterocycles. The molecular weight excluding hydrogens is 383 g/mol. The van der Waals surface area contributed by atoms with Gasteiger partial charge in [0.1, 0.15) is 11.9 Å². The predicted molar refractivity (Wildman–Crippen MR) is 111 cm³/mol. The smallest absolute Gasteiger partial charge is 0.166 e. The van der Waals surface area contributed by atoms with Gasteiger partial charge < -0.3 is 10.5 Å². The topological polar surface area (TPSA) is 83.8 Å². The third kappa shape index (κ3) is 2.92. The summed E-state index contributed by atoms with van der Waals surface area (Å²) in [5, 5.41) is 9.06. The molecule has 0 aliphatic carbocycles. The minimum absolute atomic E-state index is 0.287. The van der Waals surface area contributed by atoms with E-state index in [-0.39, 0.29) is 11.6 Å². The highest BCUT2D eigenvalue weighted by atomic mass is 19.1. The van der Waals surface area contributed by atoms with Crippen LogP contribution >= 0.6 is 0 Å². The molecule has 2 N–H and O–H groups in total. The Bertz CT molecular complexity index is 1240. The second-order valence-corrected chi connectivity index (χ2v) is 7.31. The van der Waals surface area contributed by atoms with Crippen molar-refractivity contribution < 1.29 is 9.13 Å². The number of benzene rings is 1. The van der Waals surface area contributed by atoms with E-state index in [4.69, 9.17) is 10.5 Å². The van der Waals surface area contributed by atoms with Crippen LogP contribution in [0.1, 0.15) is 31.1 Å². The first kappa shape index (κ1) is 18.4. The van der Waals surface area contributed by atoms with Crippen molar-refractivity contribution in [3.8, 4) is 28.3 Å². The lowest BCUT2D eigenvalue weighted by Crippen LogP contribution is -2.12. The number of ether oxygens (including phenoxy) is 1. The largest absolute Gasteiger partial charge is 0.482 e. The lowest BCUT2D eigenvalue weighted by molar-refractivity contribution is 0.227. The standard InChI is InChI=1S/C22H21FN6O/c1-3-28-21-14-8-20(22(24)25-10-14)30-13(2)18-9-16(23)4-5-17(18)19-6-7-26-29(19)12-15(21)11-27-28/h4-11,13H,3,12H2,1-2H3,(H2,24,25)/t13-/m1/s1. The molecule has 1 aliphatic rings. The first-order valence-corrected chi connectivity index (χ1v) is 9.84. The Morgan fingerprint density at radius 1 is 1.20 bits per heavy atom. The highest BCUT2D eigenvalue weighted by Crippen LogP contribution is 2.37. The van der Waals surface area contributed by atoms with Crippen LogP contribution < -0.4 is 10.5 Å². The fourth-order valence-electron chi connectivity index (χ4n) is 4.00. The number of nitrogen functional groups attached to an aromatic ring is 1. The van der Waals surface area contributed by atoms with Gasteiger partial charge in [-0.05, 0) is 44.2 Å². The molecule has 152 valence electrons. The van der Waals surface area contributed by atoms with E-state index in [9.17, 15) is 4.39 Å². The van der Waals surface area contributed by atoms with Gasteiger partial charge >= 0.3 is 0 Å². The average Bonchev–Trinajstić information content (AvgIpc) is 3.36. The van der Waals surface area contributed by atoms with E-state index < -0.39 is 6.10 Å². The van der Waals surface area contributed by atoms with E-state index in [1.54, 1.807) is 18.5 Å². The van der Waals surface area contributed by atoms with Crippen molar-refractivity contribution in [2.75, 3.05) is 5.73 Å². The van der Waals surface area contributed by atoms with Crippen molar-refractivity contribution in [2.24, 2.45) is 0 Å². The molecule has 0 saturated carbocycles. The zero-order chi connectivity index (χ0) is 20.8. The molecule has 1 atom stereocenters. The molecule has 0 amide bonds. The summed E-state index contributed by atoms with van der Waals surface area (Å²) in [5.41, 5.74) is 11.4. The van der Waals surface area contributed by atoms with Gasteiger partial charge in [0.15, 0.2) is 11.6 Å². The van der Waals surface area contributed by atoms with Gasteiger partial charge in [-0.1, -0.05) is 0 Å². The van der Waals surface area contributed by atoms with Crippen LogP contribution in [0.5, 0.6) is 5.75 Å². The van der Waals surface area contributed by atoms with Crippen LogP contribution in [-0.4, -0.2) is 24.5 Å². The van der Waals surface area contributed by atoms with Crippen molar-refractivity contribution in [1.82, 2.24) is 24.5 Å². The summed E-state index contributed by atoms with van der Waals surface area (Å²) in [6, 6.07) is 8.51. The van der Waals surface area contributed by atoms with Crippen molar-refractivity contribution >= 4 is 5.82 Å². The van der Waals surface area contributed by atoms with E-state index in [2.05, 4.69) is 15.2 Å². The van der Waals surface area contributed by atoms with Crippen molar-refractivity contribution in [3.05, 3.63) is 65.9 Å². The van der Waals surface area contributed by atoms with Crippen LogP contribution in [0, 0.1) is 5.82 Å². The second-order valence-electron chi connectivity index (χ2n) is 7.31. The minimum Gasteiger partial charge on any atom is -0.482 e. The van der Waals surface area contributed by atoms with Gasteiger partial charge in [-0.3, -0.25) is 9.36 Å². The molecule has 1 aromatic carbocycles. The molecule has 1 aliphatic heterocycles. The van der Waals surface area contributed by atoms with Crippen molar-refractivity contribution in [3.63, 3.8) is 0 Å². The van der Waals surface area contributed by atoms with Gasteiger partial charge in [0.25, 0.3) is 0 Å². The first-order chi connectivity index (χ1) is 14.5. The van der Waals surface area contributed by atoms with Crippen LogP contribution in [0.2, 0.25) is 0 Å². The maximum atomic E-state index is 14.1. The molecule has 0 unspecified atom stereocenters. The number of pyridine rings is 1. The number of anilines is 1. The third-order valence-corrected chi connectivity index (χ3v) is 5.44. The Balaban J connectivity index is 1.79. The van der Waals surface area contributed by atoms with Gasteiger partial charge in [-0.15, -0.1) is 0 Å². The number of nitrogens with zero attached hydrogens (tertiary/aromatic N) is 5. The van der Waals surface area contributed by atoms with Gasteiger partial charge in [0, 0.05) is 41.2 Å². The van der Waals surface area contributed by atoms with E-state index in [0.29, 0.717) is 24.4 Å². The Labute approximate surface area is 172 Å². The maximum absolute atomic E-state index is 14.1. The molecule has 4 heterocycles. The number of aromatic nitrogens is 5. The highest BCUT2D eigenvalue weighted by Gasteiger charge is 2.22. The summed E-state index contributed by atoms with van der Waals surface area (Å²) in [4.78, 5) is 4.34. The molecule has 4 aromatic rings. The minimum atomic E-state index is -0.451. The predicted octanol–water partition coefficient (Wildman–Crippen LogP) is 4.05. The quantitative estimate of drug-likeness (QED) is 0.517. The molecule has 0 radical (unpaired) electrons. The van der Waals surface area contributed by atoms with Gasteiger partial charge in [0.05, 0.1) is 24.1 Å². The number of hydrogen-bond donors (Lipinski definition) is 1. The normalized spacial score (nSPS) is 15.2. The van der Waals surface area contributed by atoms with E-state index >= 15 is 0 Å². The zero-order valence-corrected chi connectivity index (χ0v) is 16.7. The number of fused-ring (bicyclic) bond motifs is 7. The van der Waals surface area contributed by atoms with Crippen LogP contribution in [0.25, 0.3) is 22.5 Å². The van der Waals surface area contributed by atoms with E-state index in [0.717, 1.165) is 28.1 Å². The van der Waals surface area contributed by atoms with Crippen molar-refractivity contribution in [1.29, 1.82) is 0 Å². The number of rotatable bonds is 1. The summed E-state index contributed by atoms with van der Waals surface area (Å²) in [5.74, 6) is 0.419. The van der Waals surface area contributed by atoms with Crippen molar-refractivity contribution in [2.45, 2.75) is 33.0 Å². The molecule has 3 aromatic heterocycles. The summed E-state index contributed by atoms with van der Waals surface area (Å²) < 4.78 is 24.1. The zero-order valence-electron chi connectivity index (χ0n) is 16.7. The van der Waals surface area contributed by atoms with Gasteiger partial charge in [-0.2, -0.15) is 10.2 Å². The number of nitrogens with two attached hydrogens (primary N) is 1. The SMILES string of the molecule is CCn1ncc2c1-c1cnc(N)c(c1)O[C@H](C)c1cc(F)ccc1-c1ccnn1C2. The first-order valence-electron chi connectivity index (χ1n) is 9.84. The summed E-state index contributed by atoms with van der Waals surface area (Å²) >= 11 is 0. The number of aryl methyl sites for hydroxylation is 1. The Morgan fingerprint density at radius 3 is 2.90 bits per heavy atom. The molecular formula is C22H21FN6O. The fraction of sp³-hybridized carbons (Fsp3) is 0.227. The van der Waals surface area contributed by atoms with Crippen LogP contribution in [-0.2, 0) is 13.1 Å². The van der Waals surface area contributed by atoms with Crippen LogP contribution in [0.4, 0.5) is 10.2 Å². The van der Waals surface area contributed by atoms with Crippen LogP contribution in [0.3, 0.4) is 0 Å². The molecule has 8 heteroatoms. The van der Waals surface area contributed by atoms with Gasteiger partial charge in [0.2, 0.25) is 0 Å². The average molecular weight is 404 g/mol. The molecule has 30 heavy (non-hydrogen) atoms. The second kappa shape index (κ2) is 6.98. The Hall–Kier alpha value is -3.68.